The van der Waals surface area contributed by atoms with Crippen LogP contribution in [0.1, 0.15) is 37.0 Å². The minimum absolute atomic E-state index is 0.116. The Hall–Kier alpha value is -1.87. The molecule has 0 aliphatic carbocycles. The van der Waals surface area contributed by atoms with Crippen LogP contribution in [-0.4, -0.2) is 38.6 Å². The molecule has 1 atom stereocenters. The van der Waals surface area contributed by atoms with Gasteiger partial charge in [-0.3, -0.25) is 9.59 Å². The number of esters is 1. The second kappa shape index (κ2) is 8.84. The molecule has 134 valence electrons. The van der Waals surface area contributed by atoms with Crippen LogP contribution in [-0.2, 0) is 19.6 Å². The van der Waals surface area contributed by atoms with E-state index < -0.39 is 46.1 Å². The molecular weight excluding hydrogens is 344 g/mol. The number of hydrogen-bond acceptors (Lipinski definition) is 5. The van der Waals surface area contributed by atoms with E-state index in [-0.39, 0.29) is 11.3 Å². The predicted molar refractivity (Wildman–Crippen MR) is 82.9 cm³/mol. The van der Waals surface area contributed by atoms with Crippen LogP contribution in [0.5, 0.6) is 0 Å². The van der Waals surface area contributed by atoms with E-state index in [1.54, 1.807) is 0 Å². The molecule has 0 saturated carbocycles. The van der Waals surface area contributed by atoms with Crippen LogP contribution in [0.15, 0.2) is 18.2 Å². The fourth-order valence-electron chi connectivity index (χ4n) is 1.73. The van der Waals surface area contributed by atoms with Crippen molar-refractivity contribution in [3.8, 4) is 0 Å². The maximum atomic E-state index is 13.0. The van der Waals surface area contributed by atoms with Crippen molar-refractivity contribution in [1.29, 1.82) is 0 Å². The van der Waals surface area contributed by atoms with Crippen LogP contribution in [0.4, 0.5) is 8.78 Å². The summed E-state index contributed by atoms with van der Waals surface area (Å²) in [7, 11) is -3.62. The zero-order valence-corrected chi connectivity index (χ0v) is 14.2. The molecule has 0 fully saturated rings. The normalized spacial score (nSPS) is 12.7. The van der Waals surface area contributed by atoms with Gasteiger partial charge in [0.2, 0.25) is 10.0 Å². The number of ether oxygens (including phenoxy) is 1. The molecule has 1 rings (SSSR count). The van der Waals surface area contributed by atoms with Gasteiger partial charge in [0.05, 0.1) is 5.75 Å². The molecule has 0 unspecified atom stereocenters. The first-order chi connectivity index (χ1) is 11.2. The Kier molecular flexibility index (Phi) is 7.43. The first-order valence-electron chi connectivity index (χ1n) is 7.31. The SMILES string of the molecule is CCCCS(=O)(=O)N[C@@H](C)C(=O)OCC(=O)c1ccc(F)c(F)c1. The van der Waals surface area contributed by atoms with Crippen LogP contribution >= 0.6 is 0 Å². The van der Waals surface area contributed by atoms with Crippen molar-refractivity contribution in [1.82, 2.24) is 4.72 Å². The van der Waals surface area contributed by atoms with Gasteiger partial charge in [-0.25, -0.2) is 21.9 Å². The molecule has 24 heavy (non-hydrogen) atoms. The third-order valence-electron chi connectivity index (χ3n) is 3.06. The second-order valence-corrected chi connectivity index (χ2v) is 7.05. The Bertz CT molecular complexity index is 706. The molecule has 9 heteroatoms. The van der Waals surface area contributed by atoms with Crippen molar-refractivity contribution in [2.75, 3.05) is 12.4 Å². The number of nitrogens with one attached hydrogen (secondary N) is 1. The number of unbranched alkanes of at least 4 members (excludes halogenated alkanes) is 1. The molecule has 0 heterocycles. The van der Waals surface area contributed by atoms with Crippen molar-refractivity contribution < 1.29 is 31.5 Å². The van der Waals surface area contributed by atoms with Crippen LogP contribution < -0.4 is 4.72 Å². The lowest BCUT2D eigenvalue weighted by Gasteiger charge is -2.13. The number of ketones is 1. The smallest absolute Gasteiger partial charge is 0.324 e. The topological polar surface area (TPSA) is 89.5 Å². The van der Waals surface area contributed by atoms with Gasteiger partial charge in [-0.15, -0.1) is 0 Å². The Balaban J connectivity index is 2.55. The van der Waals surface area contributed by atoms with Gasteiger partial charge in [0, 0.05) is 5.56 Å². The fraction of sp³-hybridized carbons (Fsp3) is 0.467. The Morgan fingerprint density at radius 2 is 1.92 bits per heavy atom. The van der Waals surface area contributed by atoms with Gasteiger partial charge in [-0.2, -0.15) is 0 Å². The molecule has 0 aliphatic rings. The first kappa shape index (κ1) is 20.2. The molecule has 0 spiro atoms. The zero-order valence-electron chi connectivity index (χ0n) is 13.3. The van der Waals surface area contributed by atoms with Crippen LogP contribution in [0, 0.1) is 11.6 Å². The Morgan fingerprint density at radius 3 is 2.50 bits per heavy atom. The van der Waals surface area contributed by atoms with Gasteiger partial charge in [-0.1, -0.05) is 13.3 Å². The maximum absolute atomic E-state index is 13.0. The molecule has 6 nitrogen and oxygen atoms in total. The van der Waals surface area contributed by atoms with E-state index in [1.807, 2.05) is 6.92 Å². The molecule has 0 aliphatic heterocycles. The molecule has 0 amide bonds. The summed E-state index contributed by atoms with van der Waals surface area (Å²) in [6, 6.07) is 1.38. The van der Waals surface area contributed by atoms with E-state index in [2.05, 4.69) is 4.72 Å². The summed E-state index contributed by atoms with van der Waals surface area (Å²) < 4.78 is 56.0. The summed E-state index contributed by atoms with van der Waals surface area (Å²) in [5, 5.41) is 0. The van der Waals surface area contributed by atoms with E-state index in [4.69, 9.17) is 4.74 Å². The summed E-state index contributed by atoms with van der Waals surface area (Å²) in [6.45, 7) is 2.41. The largest absolute Gasteiger partial charge is 0.456 e. The quantitative estimate of drug-likeness (QED) is 0.534. The lowest BCUT2D eigenvalue weighted by Crippen LogP contribution is -2.41. The summed E-state index contributed by atoms with van der Waals surface area (Å²) in [5.41, 5.74) is -0.155. The Labute approximate surface area is 139 Å². The average Bonchev–Trinajstić information content (AvgIpc) is 2.52. The number of Topliss-reactive ketones (excluding diaryl/α,β-unsaturated/α-hetero) is 1. The first-order valence-corrected chi connectivity index (χ1v) is 8.96. The fourth-order valence-corrected chi connectivity index (χ4v) is 3.15. The van der Waals surface area contributed by atoms with Crippen molar-refractivity contribution in [2.45, 2.75) is 32.7 Å². The summed E-state index contributed by atoms with van der Waals surface area (Å²) in [5.74, 6) is -4.08. The van der Waals surface area contributed by atoms with Gasteiger partial charge >= 0.3 is 5.97 Å². The van der Waals surface area contributed by atoms with Crippen molar-refractivity contribution in [3.63, 3.8) is 0 Å². The second-order valence-electron chi connectivity index (χ2n) is 5.17. The number of benzene rings is 1. The minimum Gasteiger partial charge on any atom is -0.456 e. The highest BCUT2D eigenvalue weighted by Gasteiger charge is 2.22. The number of rotatable bonds is 9. The number of carbonyl (C=O) groups is 2. The third kappa shape index (κ3) is 6.32. The van der Waals surface area contributed by atoms with Crippen molar-refractivity contribution in [3.05, 3.63) is 35.4 Å². The van der Waals surface area contributed by atoms with Gasteiger partial charge in [-0.05, 0) is 31.5 Å². The molecule has 0 saturated heterocycles. The van der Waals surface area contributed by atoms with Crippen LogP contribution in [0.2, 0.25) is 0 Å². The van der Waals surface area contributed by atoms with E-state index in [1.165, 1.54) is 6.92 Å². The Morgan fingerprint density at radius 1 is 1.25 bits per heavy atom. The van der Waals surface area contributed by atoms with Crippen LogP contribution in [0.3, 0.4) is 0 Å². The summed E-state index contributed by atoms with van der Waals surface area (Å²) in [6.07, 6.45) is 1.13. The van der Waals surface area contributed by atoms with Gasteiger partial charge < -0.3 is 4.74 Å². The van der Waals surface area contributed by atoms with Crippen molar-refractivity contribution >= 4 is 21.8 Å². The number of hydrogen-bond donors (Lipinski definition) is 1. The van der Waals surface area contributed by atoms with Gasteiger partial charge in [0.15, 0.2) is 24.0 Å². The third-order valence-corrected chi connectivity index (χ3v) is 4.60. The molecular formula is C15H19F2NO5S. The lowest BCUT2D eigenvalue weighted by atomic mass is 10.1. The van der Waals surface area contributed by atoms with E-state index in [9.17, 15) is 26.8 Å². The van der Waals surface area contributed by atoms with E-state index in [0.29, 0.717) is 18.9 Å². The van der Waals surface area contributed by atoms with E-state index in [0.717, 1.165) is 12.1 Å². The molecule has 1 aromatic carbocycles. The number of carbonyl (C=O) groups excluding carboxylic acids is 2. The monoisotopic (exact) mass is 363 g/mol. The maximum Gasteiger partial charge on any atom is 0.324 e. The average molecular weight is 363 g/mol. The lowest BCUT2D eigenvalue weighted by molar-refractivity contribution is -0.144. The molecule has 1 N–H and O–H groups in total. The molecule has 0 bridgehead atoms. The van der Waals surface area contributed by atoms with E-state index >= 15 is 0 Å². The van der Waals surface area contributed by atoms with Crippen molar-refractivity contribution in [2.24, 2.45) is 0 Å². The zero-order chi connectivity index (χ0) is 18.3. The molecule has 1 aromatic rings. The number of sulfonamides is 1. The summed E-state index contributed by atoms with van der Waals surface area (Å²) >= 11 is 0. The molecule has 0 radical (unpaired) electrons. The standard InChI is InChI=1S/C15H19F2NO5S/c1-3-4-7-24(21,22)18-10(2)15(20)23-9-14(19)11-5-6-12(16)13(17)8-11/h5-6,8,10,18H,3-4,7,9H2,1-2H3/t10-/m0/s1. The number of halogens is 2. The van der Waals surface area contributed by atoms with Crippen LogP contribution in [0.25, 0.3) is 0 Å². The summed E-state index contributed by atoms with van der Waals surface area (Å²) in [4.78, 5) is 23.5. The van der Waals surface area contributed by atoms with Gasteiger partial charge in [0.25, 0.3) is 0 Å². The molecule has 0 aromatic heterocycles. The highest BCUT2D eigenvalue weighted by molar-refractivity contribution is 7.89. The highest BCUT2D eigenvalue weighted by atomic mass is 32.2. The van der Waals surface area contributed by atoms with Gasteiger partial charge in [0.1, 0.15) is 6.04 Å². The minimum atomic E-state index is -3.62. The highest BCUT2D eigenvalue weighted by Crippen LogP contribution is 2.09. The predicted octanol–water partition coefficient (Wildman–Crippen LogP) is 1.80.